The first-order valence-corrected chi connectivity index (χ1v) is 9.81. The summed E-state index contributed by atoms with van der Waals surface area (Å²) in [5, 5.41) is 1.66. The van der Waals surface area contributed by atoms with Crippen molar-refractivity contribution in [3.05, 3.63) is 58.1 Å². The van der Waals surface area contributed by atoms with Crippen LogP contribution in [0.4, 0.5) is 5.13 Å². The molecule has 27 heavy (non-hydrogen) atoms. The van der Waals surface area contributed by atoms with Crippen molar-refractivity contribution in [3.63, 3.8) is 0 Å². The summed E-state index contributed by atoms with van der Waals surface area (Å²) in [6, 6.07) is 12.7. The second-order valence-corrected chi connectivity index (χ2v) is 8.00. The van der Waals surface area contributed by atoms with Crippen molar-refractivity contribution in [2.45, 2.75) is 6.42 Å². The monoisotopic (exact) mass is 443 g/mol. The second-order valence-electron chi connectivity index (χ2n) is 6.18. The zero-order chi connectivity index (χ0) is 18.7. The molecule has 0 radical (unpaired) electrons. The van der Waals surface area contributed by atoms with Gasteiger partial charge in [-0.1, -0.05) is 52.7 Å². The van der Waals surface area contributed by atoms with E-state index in [1.54, 1.807) is 23.1 Å². The van der Waals surface area contributed by atoms with E-state index in [2.05, 4.69) is 9.88 Å². The van der Waals surface area contributed by atoms with Gasteiger partial charge in [-0.15, -0.1) is 12.4 Å². The summed E-state index contributed by atoms with van der Waals surface area (Å²) in [5.41, 5.74) is 1.20. The number of carbonyl (C=O) groups excluding carboxylic acids is 1. The topological polar surface area (TPSA) is 36.4 Å². The van der Waals surface area contributed by atoms with Crippen LogP contribution in [0.2, 0.25) is 10.0 Å². The van der Waals surface area contributed by atoms with Gasteiger partial charge in [0.15, 0.2) is 5.13 Å². The Bertz CT molecular complexity index is 929. The van der Waals surface area contributed by atoms with Crippen LogP contribution in [0, 0.1) is 0 Å². The molecule has 3 rings (SSSR count). The van der Waals surface area contributed by atoms with Gasteiger partial charge in [0.2, 0.25) is 0 Å². The molecule has 0 unspecified atom stereocenters. The molecule has 0 bridgehead atoms. The minimum absolute atomic E-state index is 0. The highest BCUT2D eigenvalue weighted by atomic mass is 35.5. The molecule has 3 aromatic rings. The standard InChI is InChI=1S/C19H19Cl2N3OS.ClH/c1-23(2)11-6-12-24(18(25)13-7-3-4-8-14(13)20)19-22-17-15(21)9-5-10-16(17)26-19;/h3-5,7-10H,6,11-12H2,1-2H3;1H. The Morgan fingerprint density at radius 1 is 1.04 bits per heavy atom. The summed E-state index contributed by atoms with van der Waals surface area (Å²) in [4.78, 5) is 21.6. The average molecular weight is 445 g/mol. The van der Waals surface area contributed by atoms with E-state index in [1.807, 2.05) is 38.4 Å². The van der Waals surface area contributed by atoms with E-state index in [0.29, 0.717) is 27.3 Å². The van der Waals surface area contributed by atoms with Gasteiger partial charge in [-0.25, -0.2) is 4.98 Å². The third-order valence-electron chi connectivity index (χ3n) is 3.93. The Balaban J connectivity index is 0.00000261. The third kappa shape index (κ3) is 5.12. The molecule has 0 spiro atoms. The predicted octanol–water partition coefficient (Wildman–Crippen LogP) is 5.62. The van der Waals surface area contributed by atoms with Crippen molar-refractivity contribution in [2.24, 2.45) is 0 Å². The molecule has 0 N–H and O–H groups in total. The maximum absolute atomic E-state index is 13.2. The Kier molecular flexibility index (Phi) is 7.89. The van der Waals surface area contributed by atoms with E-state index in [4.69, 9.17) is 23.2 Å². The summed E-state index contributed by atoms with van der Waals surface area (Å²) < 4.78 is 0.956. The van der Waals surface area contributed by atoms with Gasteiger partial charge in [-0.2, -0.15) is 0 Å². The van der Waals surface area contributed by atoms with Crippen LogP contribution in [0.3, 0.4) is 0 Å². The Labute approximate surface area is 179 Å². The number of rotatable bonds is 6. The molecule has 0 aliphatic rings. The molecule has 2 aromatic carbocycles. The lowest BCUT2D eigenvalue weighted by Crippen LogP contribution is -2.33. The molecule has 1 heterocycles. The third-order valence-corrected chi connectivity index (χ3v) is 5.60. The van der Waals surface area contributed by atoms with E-state index < -0.39 is 0 Å². The maximum atomic E-state index is 13.2. The number of nitrogens with zero attached hydrogens (tertiary/aromatic N) is 3. The average Bonchev–Trinajstić information content (AvgIpc) is 3.03. The molecule has 0 aliphatic heterocycles. The maximum Gasteiger partial charge on any atom is 0.261 e. The van der Waals surface area contributed by atoms with E-state index in [9.17, 15) is 4.79 Å². The van der Waals surface area contributed by atoms with E-state index >= 15 is 0 Å². The highest BCUT2D eigenvalue weighted by Crippen LogP contribution is 2.34. The van der Waals surface area contributed by atoms with Gasteiger partial charge in [-0.3, -0.25) is 9.69 Å². The molecule has 4 nitrogen and oxygen atoms in total. The lowest BCUT2D eigenvalue weighted by Gasteiger charge is -2.21. The van der Waals surface area contributed by atoms with Crippen LogP contribution in [0.5, 0.6) is 0 Å². The van der Waals surface area contributed by atoms with Gasteiger partial charge in [0.25, 0.3) is 5.91 Å². The van der Waals surface area contributed by atoms with Crippen LogP contribution >= 0.6 is 46.9 Å². The molecular formula is C19H20Cl3N3OS. The largest absolute Gasteiger partial charge is 0.309 e. The Morgan fingerprint density at radius 3 is 2.41 bits per heavy atom. The summed E-state index contributed by atoms with van der Waals surface area (Å²) in [6.07, 6.45) is 0.826. The predicted molar refractivity (Wildman–Crippen MR) is 118 cm³/mol. The number of para-hydroxylation sites is 1. The fourth-order valence-electron chi connectivity index (χ4n) is 2.63. The van der Waals surface area contributed by atoms with Crippen LogP contribution in [0.25, 0.3) is 10.2 Å². The molecule has 8 heteroatoms. The Morgan fingerprint density at radius 2 is 1.74 bits per heavy atom. The first-order valence-electron chi connectivity index (χ1n) is 8.23. The number of anilines is 1. The molecule has 0 saturated carbocycles. The zero-order valence-corrected chi connectivity index (χ0v) is 18.1. The van der Waals surface area contributed by atoms with Crippen LogP contribution in [0.15, 0.2) is 42.5 Å². The number of hydrogen-bond donors (Lipinski definition) is 0. The lowest BCUT2D eigenvalue weighted by atomic mass is 10.2. The van der Waals surface area contributed by atoms with Crippen molar-refractivity contribution in [1.29, 1.82) is 0 Å². The summed E-state index contributed by atoms with van der Waals surface area (Å²) in [7, 11) is 4.02. The van der Waals surface area contributed by atoms with Gasteiger partial charge < -0.3 is 4.90 Å². The number of amides is 1. The fraction of sp³-hybridized carbons (Fsp3) is 0.263. The zero-order valence-electron chi connectivity index (χ0n) is 15.0. The highest BCUT2D eigenvalue weighted by molar-refractivity contribution is 7.22. The van der Waals surface area contributed by atoms with Crippen molar-refractivity contribution in [2.75, 3.05) is 32.1 Å². The normalized spacial score (nSPS) is 10.9. The quantitative estimate of drug-likeness (QED) is 0.495. The fourth-order valence-corrected chi connectivity index (χ4v) is 4.13. The number of fused-ring (bicyclic) bond motifs is 1. The molecule has 0 aliphatic carbocycles. The van der Waals surface area contributed by atoms with Gasteiger partial charge in [0.05, 0.1) is 20.3 Å². The lowest BCUT2D eigenvalue weighted by molar-refractivity contribution is 0.0986. The minimum Gasteiger partial charge on any atom is -0.309 e. The number of aromatic nitrogens is 1. The van der Waals surface area contributed by atoms with Crippen LogP contribution in [-0.4, -0.2) is 43.0 Å². The highest BCUT2D eigenvalue weighted by Gasteiger charge is 2.23. The van der Waals surface area contributed by atoms with Crippen LogP contribution in [-0.2, 0) is 0 Å². The molecular weight excluding hydrogens is 425 g/mol. The van der Waals surface area contributed by atoms with E-state index in [0.717, 1.165) is 23.2 Å². The first kappa shape index (κ1) is 21.9. The van der Waals surface area contributed by atoms with Gasteiger partial charge in [0, 0.05) is 6.54 Å². The Hall–Kier alpha value is -1.37. The molecule has 144 valence electrons. The van der Waals surface area contributed by atoms with Crippen molar-refractivity contribution in [1.82, 2.24) is 9.88 Å². The second kappa shape index (κ2) is 9.71. The van der Waals surface area contributed by atoms with E-state index in [1.165, 1.54) is 11.3 Å². The smallest absolute Gasteiger partial charge is 0.261 e. The number of halogens is 3. The molecule has 0 saturated heterocycles. The first-order chi connectivity index (χ1) is 12.5. The summed E-state index contributed by atoms with van der Waals surface area (Å²) >= 11 is 14.0. The minimum atomic E-state index is -0.149. The van der Waals surface area contributed by atoms with E-state index in [-0.39, 0.29) is 18.3 Å². The van der Waals surface area contributed by atoms with Crippen LogP contribution in [0.1, 0.15) is 16.8 Å². The number of hydrogen-bond acceptors (Lipinski definition) is 4. The van der Waals surface area contributed by atoms with Crippen molar-refractivity contribution >= 4 is 68.2 Å². The molecule has 1 amide bonds. The number of carbonyl (C=O) groups is 1. The SMILES string of the molecule is CN(C)CCCN(C(=O)c1ccccc1Cl)c1nc2c(Cl)cccc2s1.Cl. The van der Waals surface area contributed by atoms with Gasteiger partial charge in [0.1, 0.15) is 5.52 Å². The van der Waals surface area contributed by atoms with Gasteiger partial charge in [-0.05, 0) is 51.3 Å². The van der Waals surface area contributed by atoms with Crippen LogP contribution < -0.4 is 4.90 Å². The van der Waals surface area contributed by atoms with Gasteiger partial charge >= 0.3 is 0 Å². The number of benzene rings is 2. The number of thiazole rings is 1. The van der Waals surface area contributed by atoms with Crippen molar-refractivity contribution in [3.8, 4) is 0 Å². The summed E-state index contributed by atoms with van der Waals surface area (Å²) in [6.45, 7) is 1.43. The molecule has 1 aromatic heterocycles. The van der Waals surface area contributed by atoms with Crippen molar-refractivity contribution < 1.29 is 4.79 Å². The summed E-state index contributed by atoms with van der Waals surface area (Å²) in [5.74, 6) is -0.149. The molecule has 0 fully saturated rings. The molecule has 0 atom stereocenters.